The lowest BCUT2D eigenvalue weighted by molar-refractivity contribution is 0.407. The van der Waals surface area contributed by atoms with Crippen LogP contribution in [-0.2, 0) is 0 Å². The van der Waals surface area contributed by atoms with E-state index in [9.17, 15) is 8.78 Å². The summed E-state index contributed by atoms with van der Waals surface area (Å²) in [5, 5.41) is 1.25. The lowest BCUT2D eigenvalue weighted by Gasteiger charge is -2.08. The second kappa shape index (κ2) is 15.4. The van der Waals surface area contributed by atoms with Crippen molar-refractivity contribution in [2.45, 2.75) is 0 Å². The molecule has 0 spiro atoms. The zero-order chi connectivity index (χ0) is 26.0. The van der Waals surface area contributed by atoms with Crippen LogP contribution in [0.5, 0.6) is 11.5 Å². The predicted octanol–water partition coefficient (Wildman–Crippen LogP) is 10.7. The molecule has 0 bridgehead atoms. The summed E-state index contributed by atoms with van der Waals surface area (Å²) >= 11 is 18.0. The molecule has 0 saturated carbocycles. The van der Waals surface area contributed by atoms with E-state index in [-0.39, 0.29) is 11.6 Å². The van der Waals surface area contributed by atoms with Crippen molar-refractivity contribution in [1.82, 2.24) is 0 Å². The Morgan fingerprint density at radius 3 is 1.69 bits per heavy atom. The van der Waals surface area contributed by atoms with Crippen LogP contribution in [0.15, 0.2) is 78.9 Å². The molecule has 9 heteroatoms. The van der Waals surface area contributed by atoms with Crippen LogP contribution in [0.1, 0.15) is 0 Å². The molecule has 0 fully saturated rings. The van der Waals surface area contributed by atoms with Crippen molar-refractivity contribution in [3.8, 4) is 33.8 Å². The zero-order valence-electron chi connectivity index (χ0n) is 18.5. The Hall–Kier alpha value is -0.890. The quantitative estimate of drug-likeness (QED) is 0.191. The highest BCUT2D eigenvalue weighted by Gasteiger charge is 2.10. The second-order valence-corrected chi connectivity index (χ2v) is 8.83. The molecule has 0 radical (unpaired) electrons. The van der Waals surface area contributed by atoms with E-state index in [0.717, 1.165) is 22.3 Å². The Morgan fingerprint density at radius 1 is 0.657 bits per heavy atom. The molecule has 0 unspecified atom stereocenters. The van der Waals surface area contributed by atoms with Gasteiger partial charge in [-0.15, -0.1) is 0 Å². The third-order valence-electron chi connectivity index (χ3n) is 4.64. The summed E-state index contributed by atoms with van der Waals surface area (Å²) in [6.45, 7) is 0. The monoisotopic (exact) mass is 852 g/mol. The van der Waals surface area contributed by atoms with Gasteiger partial charge in [0.25, 0.3) is 0 Å². The molecule has 0 atom stereocenters. The molecule has 2 nitrogen and oxygen atoms in total. The number of halogens is 7. The SMILES string of the molecule is COc1cc(-c2cccc(Cl)c2)cc(F)c1I.COc1cc(F)cc(-c2cccc(Cl)c2)c1.II. The molecule has 4 aromatic carbocycles. The van der Waals surface area contributed by atoms with Crippen molar-refractivity contribution in [3.63, 3.8) is 0 Å². The fourth-order valence-corrected chi connectivity index (χ4v) is 3.97. The maximum absolute atomic E-state index is 13.7. The third kappa shape index (κ3) is 9.17. The van der Waals surface area contributed by atoms with Crippen LogP contribution in [0, 0.1) is 15.2 Å². The standard InChI is InChI=1S/C13H9ClFIO.C13H10ClFO.I2/c1-17-12-7-9(6-11(15)13(12)16)8-3-2-4-10(14)5-8;1-16-13-7-10(6-12(15)8-13)9-3-2-4-11(14)5-9;1-2/h2-7H,1H3;2-8H,1H3;. The van der Waals surface area contributed by atoms with E-state index in [0.29, 0.717) is 25.1 Å². The van der Waals surface area contributed by atoms with Crippen LogP contribution in [0.2, 0.25) is 10.0 Å². The van der Waals surface area contributed by atoms with E-state index in [2.05, 4.69) is 37.2 Å². The van der Waals surface area contributed by atoms with Gasteiger partial charge in [-0.3, -0.25) is 0 Å². The van der Waals surface area contributed by atoms with Crippen molar-refractivity contribution in [2.24, 2.45) is 0 Å². The van der Waals surface area contributed by atoms with Gasteiger partial charge in [0.2, 0.25) is 0 Å². The van der Waals surface area contributed by atoms with Crippen LogP contribution in [0.4, 0.5) is 8.78 Å². The van der Waals surface area contributed by atoms with Gasteiger partial charge in [0.1, 0.15) is 23.1 Å². The smallest absolute Gasteiger partial charge is 0.140 e. The van der Waals surface area contributed by atoms with Gasteiger partial charge in [-0.1, -0.05) is 47.5 Å². The molecule has 0 N–H and O–H groups in total. The van der Waals surface area contributed by atoms with Crippen LogP contribution < -0.4 is 9.47 Å². The highest BCUT2D eigenvalue weighted by atomic mass is 128. The summed E-state index contributed by atoms with van der Waals surface area (Å²) in [6, 6.07) is 22.4. The molecule has 0 aliphatic heterocycles. The molecule has 184 valence electrons. The number of hydrogen-bond donors (Lipinski definition) is 0. The summed E-state index contributed by atoms with van der Waals surface area (Å²) in [5.74, 6) is 0.407. The highest BCUT2D eigenvalue weighted by Crippen LogP contribution is 2.31. The zero-order valence-corrected chi connectivity index (χ0v) is 26.5. The second-order valence-electron chi connectivity index (χ2n) is 6.87. The number of hydrogen-bond acceptors (Lipinski definition) is 2. The van der Waals surface area contributed by atoms with Crippen molar-refractivity contribution in [3.05, 3.63) is 104 Å². The fourth-order valence-electron chi connectivity index (χ4n) is 3.06. The lowest BCUT2D eigenvalue weighted by Crippen LogP contribution is -1.92. The molecule has 35 heavy (non-hydrogen) atoms. The fraction of sp³-hybridized carbons (Fsp3) is 0.0769. The molecule has 4 aromatic rings. The Balaban J connectivity index is 0.000000231. The number of ether oxygens (including phenoxy) is 2. The van der Waals surface area contributed by atoms with Gasteiger partial charge in [0.15, 0.2) is 0 Å². The summed E-state index contributed by atoms with van der Waals surface area (Å²) in [7, 11) is 3.04. The van der Waals surface area contributed by atoms with Crippen LogP contribution in [-0.4, -0.2) is 14.2 Å². The normalized spacial score (nSPS) is 9.86. The van der Waals surface area contributed by atoms with E-state index in [4.69, 9.17) is 32.7 Å². The molecule has 4 rings (SSSR count). The molecule has 0 aliphatic carbocycles. The van der Waals surface area contributed by atoms with Crippen molar-refractivity contribution in [2.75, 3.05) is 14.2 Å². The average molecular weight is 853 g/mol. The van der Waals surface area contributed by atoms with E-state index >= 15 is 0 Å². The minimum atomic E-state index is -0.325. The number of benzene rings is 4. The van der Waals surface area contributed by atoms with Gasteiger partial charge in [0, 0.05) is 53.3 Å². The molecular weight excluding hydrogens is 834 g/mol. The largest absolute Gasteiger partial charge is 0.497 e. The number of methoxy groups -OCH3 is 2. The predicted molar refractivity (Wildman–Crippen MR) is 168 cm³/mol. The lowest BCUT2D eigenvalue weighted by atomic mass is 10.1. The summed E-state index contributed by atoms with van der Waals surface area (Å²) in [6.07, 6.45) is 0. The molecule has 0 aromatic heterocycles. The van der Waals surface area contributed by atoms with E-state index in [1.165, 1.54) is 32.4 Å². The van der Waals surface area contributed by atoms with E-state index < -0.39 is 0 Å². The van der Waals surface area contributed by atoms with Gasteiger partial charge in [-0.2, -0.15) is 0 Å². The molecule has 0 aliphatic rings. The Morgan fingerprint density at radius 2 is 1.20 bits per heavy atom. The van der Waals surface area contributed by atoms with E-state index in [1.807, 2.05) is 46.9 Å². The third-order valence-corrected chi connectivity index (χ3v) is 6.15. The molecule has 0 amide bonds. The Bertz CT molecular complexity index is 1270. The van der Waals surface area contributed by atoms with Crippen molar-refractivity contribution < 1.29 is 18.3 Å². The highest BCUT2D eigenvalue weighted by molar-refractivity contribution is 15.0. The summed E-state index contributed by atoms with van der Waals surface area (Å²) < 4.78 is 37.6. The van der Waals surface area contributed by atoms with Crippen molar-refractivity contribution >= 4 is 83.0 Å². The maximum atomic E-state index is 13.7. The maximum Gasteiger partial charge on any atom is 0.140 e. The first-order valence-corrected chi connectivity index (χ1v) is 18.0. The molecule has 0 saturated heterocycles. The topological polar surface area (TPSA) is 18.5 Å². The summed E-state index contributed by atoms with van der Waals surface area (Å²) in [5.41, 5.74) is 3.23. The van der Waals surface area contributed by atoms with Gasteiger partial charge in [-0.05, 0) is 93.4 Å². The first-order valence-electron chi connectivity index (χ1n) is 9.84. The molecular formula is C26H19Cl2F2I3O2. The summed E-state index contributed by atoms with van der Waals surface area (Å²) in [4.78, 5) is 0. The first kappa shape index (κ1) is 30.3. The number of rotatable bonds is 4. The van der Waals surface area contributed by atoms with Crippen molar-refractivity contribution in [1.29, 1.82) is 0 Å². The van der Waals surface area contributed by atoms with Crippen LogP contribution in [0.25, 0.3) is 22.3 Å². The van der Waals surface area contributed by atoms with Gasteiger partial charge >= 0.3 is 0 Å². The van der Waals surface area contributed by atoms with Gasteiger partial charge in [-0.25, -0.2) is 8.78 Å². The molecule has 0 heterocycles. The van der Waals surface area contributed by atoms with Crippen LogP contribution in [0.3, 0.4) is 0 Å². The van der Waals surface area contributed by atoms with Crippen LogP contribution >= 0.6 is 83.0 Å². The Kier molecular flexibility index (Phi) is 13.3. The average Bonchev–Trinajstić information content (AvgIpc) is 2.87. The van der Waals surface area contributed by atoms with E-state index in [1.54, 1.807) is 36.4 Å². The minimum Gasteiger partial charge on any atom is -0.497 e. The Labute approximate surface area is 250 Å². The first-order chi connectivity index (χ1) is 16.8. The minimum absolute atomic E-state index is 0.292. The van der Waals surface area contributed by atoms with Gasteiger partial charge < -0.3 is 9.47 Å². The van der Waals surface area contributed by atoms with Gasteiger partial charge in [0.05, 0.1) is 17.8 Å².